The summed E-state index contributed by atoms with van der Waals surface area (Å²) in [5, 5.41) is 3.39. The number of aryl methyl sites for hydroxylation is 1. The Morgan fingerprint density at radius 3 is 1.59 bits per heavy atom. The minimum atomic E-state index is 0.823. The summed E-state index contributed by atoms with van der Waals surface area (Å²) in [6.45, 7) is 2.17. The van der Waals surface area contributed by atoms with Crippen LogP contribution in [0.3, 0.4) is 0 Å². The van der Waals surface area contributed by atoms with Crippen molar-refractivity contribution in [2.45, 2.75) is 13.3 Å². The molecule has 0 aliphatic carbocycles. The Bertz CT molecular complexity index is 2550. The van der Waals surface area contributed by atoms with E-state index in [1.54, 1.807) is 0 Å². The van der Waals surface area contributed by atoms with Crippen LogP contribution < -0.4 is 0 Å². The molecule has 3 nitrogen and oxygen atoms in total. The number of para-hydroxylation sites is 2. The van der Waals surface area contributed by atoms with Gasteiger partial charge in [-0.1, -0.05) is 134 Å². The second-order valence-corrected chi connectivity index (χ2v) is 12.5. The van der Waals surface area contributed by atoms with Gasteiger partial charge < -0.3 is 0 Å². The Balaban J connectivity index is 1.23. The van der Waals surface area contributed by atoms with Gasteiger partial charge in [0.1, 0.15) is 5.82 Å². The minimum Gasteiger partial charge on any atom is -0.296 e. The van der Waals surface area contributed by atoms with Gasteiger partial charge in [0.05, 0.1) is 22.2 Å². The van der Waals surface area contributed by atoms with E-state index in [1.807, 2.05) is 0 Å². The average Bonchev–Trinajstić information content (AvgIpc) is 3.57. The quantitative estimate of drug-likeness (QED) is 0.172. The van der Waals surface area contributed by atoms with E-state index in [1.165, 1.54) is 33.2 Å². The number of imidazole rings is 1. The van der Waals surface area contributed by atoms with E-state index in [9.17, 15) is 0 Å². The molecule has 3 heteroatoms. The molecule has 0 bridgehead atoms. The normalized spacial score (nSPS) is 11.4. The molecule has 2 aromatic heterocycles. The first-order valence-corrected chi connectivity index (χ1v) is 16.9. The molecule has 0 aliphatic heterocycles. The van der Waals surface area contributed by atoms with Crippen molar-refractivity contribution in [2.75, 3.05) is 0 Å². The van der Waals surface area contributed by atoms with Crippen LogP contribution in [0.25, 0.3) is 83.0 Å². The van der Waals surface area contributed by atoms with E-state index in [4.69, 9.17) is 9.97 Å². The molecule has 2 heterocycles. The number of hydrogen-bond donors (Lipinski definition) is 0. The summed E-state index contributed by atoms with van der Waals surface area (Å²) < 4.78 is 2.29. The summed E-state index contributed by atoms with van der Waals surface area (Å²) in [5.41, 5.74) is 13.4. The summed E-state index contributed by atoms with van der Waals surface area (Å²) >= 11 is 0. The highest BCUT2D eigenvalue weighted by Gasteiger charge is 2.19. The Morgan fingerprint density at radius 1 is 0.449 bits per heavy atom. The molecular formula is C46H33N3. The zero-order valence-electron chi connectivity index (χ0n) is 27.2. The molecule has 0 saturated heterocycles. The molecule has 0 N–H and O–H groups in total. The fraction of sp³-hybridized carbons (Fsp3) is 0.0435. The third-order valence-electron chi connectivity index (χ3n) is 9.53. The fourth-order valence-electron chi connectivity index (χ4n) is 7.15. The largest absolute Gasteiger partial charge is 0.296 e. The molecule has 9 aromatic rings. The molecule has 0 amide bonds. The summed E-state index contributed by atoms with van der Waals surface area (Å²) in [4.78, 5) is 10.6. The van der Waals surface area contributed by atoms with Crippen molar-refractivity contribution < 1.29 is 0 Å². The lowest BCUT2D eigenvalue weighted by molar-refractivity contribution is 0.908. The summed E-state index contributed by atoms with van der Waals surface area (Å²) in [7, 11) is 0. The van der Waals surface area contributed by atoms with Crippen LogP contribution in [0.1, 0.15) is 12.7 Å². The Morgan fingerprint density at radius 2 is 0.980 bits per heavy atom. The first-order valence-electron chi connectivity index (χ1n) is 16.9. The Kier molecular flexibility index (Phi) is 7.09. The fourth-order valence-corrected chi connectivity index (χ4v) is 7.15. The lowest BCUT2D eigenvalue weighted by Crippen LogP contribution is -1.99. The first-order chi connectivity index (χ1) is 24.2. The zero-order chi connectivity index (χ0) is 32.7. The monoisotopic (exact) mass is 627 g/mol. The maximum absolute atomic E-state index is 5.32. The van der Waals surface area contributed by atoms with Crippen molar-refractivity contribution in [3.05, 3.63) is 176 Å². The third-order valence-corrected chi connectivity index (χ3v) is 9.53. The average molecular weight is 628 g/mol. The van der Waals surface area contributed by atoms with Gasteiger partial charge in [0, 0.05) is 28.4 Å². The van der Waals surface area contributed by atoms with E-state index in [0.717, 1.165) is 62.1 Å². The molecule has 7 aromatic carbocycles. The molecule has 0 radical (unpaired) electrons. The first kappa shape index (κ1) is 28.9. The van der Waals surface area contributed by atoms with Crippen molar-refractivity contribution in [1.82, 2.24) is 14.5 Å². The number of fused-ring (bicyclic) bond motifs is 5. The number of benzene rings is 7. The second kappa shape index (κ2) is 12.0. The molecule has 0 atom stereocenters. The maximum atomic E-state index is 5.32. The van der Waals surface area contributed by atoms with Gasteiger partial charge in [-0.15, -0.1) is 0 Å². The summed E-state index contributed by atoms with van der Waals surface area (Å²) in [5.74, 6) is 1.04. The molecule has 0 saturated carbocycles. The van der Waals surface area contributed by atoms with E-state index in [-0.39, 0.29) is 0 Å². The maximum Gasteiger partial charge on any atom is 0.114 e. The molecule has 0 unspecified atom stereocenters. The van der Waals surface area contributed by atoms with Crippen molar-refractivity contribution in [3.8, 4) is 50.3 Å². The lowest BCUT2D eigenvalue weighted by atomic mass is 9.92. The highest BCUT2D eigenvalue weighted by molar-refractivity contribution is 6.20. The van der Waals surface area contributed by atoms with E-state index in [0.29, 0.717) is 0 Å². The van der Waals surface area contributed by atoms with Crippen LogP contribution >= 0.6 is 0 Å². The van der Waals surface area contributed by atoms with Crippen LogP contribution in [0.2, 0.25) is 0 Å². The number of rotatable bonds is 6. The smallest absolute Gasteiger partial charge is 0.114 e. The molecule has 0 aliphatic rings. The van der Waals surface area contributed by atoms with Crippen LogP contribution in [-0.2, 0) is 6.42 Å². The van der Waals surface area contributed by atoms with Crippen LogP contribution in [0.5, 0.6) is 0 Å². The van der Waals surface area contributed by atoms with Crippen molar-refractivity contribution in [3.63, 3.8) is 0 Å². The molecular weight excluding hydrogens is 595 g/mol. The number of nitrogens with zero attached hydrogens (tertiary/aromatic N) is 3. The lowest BCUT2D eigenvalue weighted by Gasteiger charge is -2.13. The van der Waals surface area contributed by atoms with Crippen LogP contribution in [0, 0.1) is 0 Å². The van der Waals surface area contributed by atoms with Gasteiger partial charge in [0.25, 0.3) is 0 Å². The second-order valence-electron chi connectivity index (χ2n) is 12.5. The SMILES string of the molecule is CCc1nc2c3c(-c4ccc(-c5cc(-c6ccccc6)cc(-c6ccccc6)c5)cc4)nc4ccccc4c3ccc2n1-c1ccccc1. The Labute approximate surface area is 285 Å². The van der Waals surface area contributed by atoms with Gasteiger partial charge in [-0.25, -0.2) is 9.97 Å². The van der Waals surface area contributed by atoms with E-state index < -0.39 is 0 Å². The minimum absolute atomic E-state index is 0.823. The molecule has 0 spiro atoms. The van der Waals surface area contributed by atoms with Gasteiger partial charge in [-0.3, -0.25) is 4.57 Å². The van der Waals surface area contributed by atoms with Crippen molar-refractivity contribution in [2.24, 2.45) is 0 Å². The summed E-state index contributed by atoms with van der Waals surface area (Å²) in [6, 6.07) is 60.5. The Hall–Kier alpha value is -6.32. The van der Waals surface area contributed by atoms with Gasteiger partial charge in [-0.05, 0) is 81.2 Å². The third kappa shape index (κ3) is 5.08. The number of aromatic nitrogens is 3. The van der Waals surface area contributed by atoms with Crippen LogP contribution in [0.15, 0.2) is 170 Å². The molecule has 232 valence electrons. The van der Waals surface area contributed by atoms with E-state index in [2.05, 4.69) is 181 Å². The van der Waals surface area contributed by atoms with Gasteiger partial charge >= 0.3 is 0 Å². The topological polar surface area (TPSA) is 30.7 Å². The van der Waals surface area contributed by atoms with Crippen LogP contribution in [0.4, 0.5) is 0 Å². The van der Waals surface area contributed by atoms with Crippen molar-refractivity contribution in [1.29, 1.82) is 0 Å². The van der Waals surface area contributed by atoms with Crippen LogP contribution in [-0.4, -0.2) is 14.5 Å². The van der Waals surface area contributed by atoms with Crippen molar-refractivity contribution >= 4 is 32.7 Å². The highest BCUT2D eigenvalue weighted by Crippen LogP contribution is 2.39. The van der Waals surface area contributed by atoms with Gasteiger partial charge in [0.2, 0.25) is 0 Å². The number of pyridine rings is 1. The van der Waals surface area contributed by atoms with E-state index >= 15 is 0 Å². The zero-order valence-corrected chi connectivity index (χ0v) is 27.2. The highest BCUT2D eigenvalue weighted by atomic mass is 15.1. The molecule has 0 fully saturated rings. The van der Waals surface area contributed by atoms with Gasteiger partial charge in [0.15, 0.2) is 0 Å². The predicted molar refractivity (Wildman–Crippen MR) is 205 cm³/mol. The molecule has 9 rings (SSSR count). The predicted octanol–water partition coefficient (Wildman–Crippen LogP) is 12.0. The number of hydrogen-bond acceptors (Lipinski definition) is 2. The van der Waals surface area contributed by atoms with Gasteiger partial charge in [-0.2, -0.15) is 0 Å². The molecule has 49 heavy (non-hydrogen) atoms. The standard InChI is InChI=1S/C46H33N3/c1-2-43-48-46-42(49(43)38-18-10-5-11-19-38)27-26-40-39-20-12-13-21-41(39)47-45(44(40)46)34-24-22-33(23-25-34)37-29-35(31-14-6-3-7-15-31)28-36(30-37)32-16-8-4-9-17-32/h3-30H,2H2,1H3. The summed E-state index contributed by atoms with van der Waals surface area (Å²) in [6.07, 6.45) is 0.823.